The number of thioether (sulfide) groups is 1. The molecule has 1 saturated heterocycles. The third-order valence-electron chi connectivity index (χ3n) is 6.76. The van der Waals surface area contributed by atoms with Crippen LogP contribution in [0.2, 0.25) is 0 Å². The van der Waals surface area contributed by atoms with Crippen molar-refractivity contribution in [3.8, 4) is 11.5 Å². The summed E-state index contributed by atoms with van der Waals surface area (Å²) < 4.78 is 12.5. The van der Waals surface area contributed by atoms with Gasteiger partial charge < -0.3 is 24.7 Å². The minimum absolute atomic E-state index is 0.0167. The van der Waals surface area contributed by atoms with E-state index in [0.717, 1.165) is 38.7 Å². The molecule has 3 aromatic carbocycles. The summed E-state index contributed by atoms with van der Waals surface area (Å²) in [6.45, 7) is 3.61. The van der Waals surface area contributed by atoms with Gasteiger partial charge in [-0.05, 0) is 73.1 Å². The number of para-hydroxylation sites is 1. The van der Waals surface area contributed by atoms with Crippen LogP contribution in [0.3, 0.4) is 0 Å². The van der Waals surface area contributed by atoms with Gasteiger partial charge in [-0.25, -0.2) is 0 Å². The number of nitrogens with one attached hydrogen (secondary N) is 2. The van der Waals surface area contributed by atoms with Gasteiger partial charge in [-0.3, -0.25) is 24.1 Å². The minimum Gasteiger partial charge on any atom is -0.454 e. The van der Waals surface area contributed by atoms with Gasteiger partial charge in [-0.2, -0.15) is 0 Å². The molecule has 4 amide bonds. The summed E-state index contributed by atoms with van der Waals surface area (Å²) in [5, 5.41) is 5.93. The predicted molar refractivity (Wildman–Crippen MR) is 160 cm³/mol. The van der Waals surface area contributed by atoms with Gasteiger partial charge in [0.25, 0.3) is 11.1 Å². The maximum absolute atomic E-state index is 13.2. The van der Waals surface area contributed by atoms with Gasteiger partial charge in [0.2, 0.25) is 18.6 Å². The highest BCUT2D eigenvalue weighted by Gasteiger charge is 2.36. The Morgan fingerprint density at radius 3 is 2.40 bits per heavy atom. The molecule has 0 spiro atoms. The van der Waals surface area contributed by atoms with Crippen LogP contribution in [-0.2, 0) is 20.9 Å². The molecule has 6 rings (SSSR count). The molecule has 0 radical (unpaired) electrons. The van der Waals surface area contributed by atoms with E-state index in [0.29, 0.717) is 28.4 Å². The van der Waals surface area contributed by atoms with Crippen molar-refractivity contribution in [3.05, 3.63) is 88.5 Å². The lowest BCUT2D eigenvalue weighted by molar-refractivity contribution is -0.127. The zero-order valence-electron chi connectivity index (χ0n) is 22.8. The largest absolute Gasteiger partial charge is 0.454 e. The zero-order chi connectivity index (χ0) is 29.4. The summed E-state index contributed by atoms with van der Waals surface area (Å²) in [5.41, 5.74) is 4.63. The molecule has 0 atom stereocenters. The molecule has 2 aliphatic heterocycles. The first-order valence-corrected chi connectivity index (χ1v) is 14.0. The molecule has 0 saturated carbocycles. The van der Waals surface area contributed by atoms with E-state index in [1.54, 1.807) is 35.0 Å². The first-order valence-electron chi connectivity index (χ1n) is 13.1. The summed E-state index contributed by atoms with van der Waals surface area (Å²) in [6.07, 6.45) is 3.39. The molecule has 2 N–H and O–H groups in total. The Balaban J connectivity index is 1.18. The Kier molecular flexibility index (Phi) is 7.17. The van der Waals surface area contributed by atoms with E-state index in [1.807, 2.05) is 56.3 Å². The molecule has 4 aromatic rings. The lowest BCUT2D eigenvalue weighted by Gasteiger charge is -2.13. The number of nitrogens with zero attached hydrogens (tertiary/aromatic N) is 2. The number of aromatic nitrogens is 1. The molecule has 10 nitrogen and oxygen atoms in total. The van der Waals surface area contributed by atoms with Gasteiger partial charge in [0.05, 0.1) is 4.91 Å². The van der Waals surface area contributed by atoms with Crippen LogP contribution < -0.4 is 20.1 Å². The molecule has 11 heteroatoms. The molecule has 42 heavy (non-hydrogen) atoms. The van der Waals surface area contributed by atoms with Gasteiger partial charge in [0.15, 0.2) is 11.5 Å². The van der Waals surface area contributed by atoms with Crippen molar-refractivity contribution >= 4 is 63.1 Å². The average molecular weight is 583 g/mol. The number of fused-ring (bicyclic) bond motifs is 2. The van der Waals surface area contributed by atoms with Crippen molar-refractivity contribution in [1.82, 2.24) is 9.47 Å². The standard InChI is InChI=1S/C31H26N4O6S/c1-18-9-19(2)11-22(10-18)33-29(37)16-35-30(38)27(42-31(35)39)12-20-14-34(24-6-4-3-5-23(20)24)15-28(36)32-21-7-8-25-26(13-21)41-17-40-25/h3-14H,15-17H2,1-2H3,(H,32,36)(H,33,37)/b27-12-. The third-order valence-corrected chi connectivity index (χ3v) is 7.66. The summed E-state index contributed by atoms with van der Waals surface area (Å²) in [4.78, 5) is 52.6. The highest BCUT2D eigenvalue weighted by molar-refractivity contribution is 8.18. The highest BCUT2D eigenvalue weighted by atomic mass is 32.2. The van der Waals surface area contributed by atoms with Crippen LogP contribution in [0.25, 0.3) is 17.0 Å². The predicted octanol–water partition coefficient (Wildman–Crippen LogP) is 5.30. The van der Waals surface area contributed by atoms with E-state index in [9.17, 15) is 19.2 Å². The van der Waals surface area contributed by atoms with Crippen molar-refractivity contribution in [3.63, 3.8) is 0 Å². The van der Waals surface area contributed by atoms with Crippen molar-refractivity contribution in [1.29, 1.82) is 0 Å². The SMILES string of the molecule is Cc1cc(C)cc(NC(=O)CN2C(=O)S/C(=C\c3cn(CC(=O)Nc4ccc5c(c4)OCO5)c4ccccc34)C2=O)c1. The number of carbonyl (C=O) groups excluding carboxylic acids is 4. The Labute approximate surface area is 245 Å². The van der Waals surface area contributed by atoms with Crippen LogP contribution in [-0.4, -0.2) is 45.8 Å². The maximum Gasteiger partial charge on any atom is 0.294 e. The number of aryl methyl sites for hydroxylation is 2. The first kappa shape index (κ1) is 27.2. The van der Waals surface area contributed by atoms with E-state index in [1.165, 1.54) is 0 Å². The van der Waals surface area contributed by atoms with Gasteiger partial charge in [0, 0.05) is 40.1 Å². The molecule has 1 aromatic heterocycles. The third kappa shape index (κ3) is 5.59. The molecular formula is C31H26N4O6S. The number of rotatable bonds is 7. The van der Waals surface area contributed by atoms with Gasteiger partial charge in [-0.15, -0.1) is 0 Å². The van der Waals surface area contributed by atoms with E-state index in [2.05, 4.69) is 10.6 Å². The molecule has 0 unspecified atom stereocenters. The fourth-order valence-electron chi connectivity index (χ4n) is 5.02. The van der Waals surface area contributed by atoms with Crippen LogP contribution >= 0.6 is 11.8 Å². The van der Waals surface area contributed by atoms with Gasteiger partial charge >= 0.3 is 0 Å². The molecule has 3 heterocycles. The van der Waals surface area contributed by atoms with Crippen molar-refractivity contribution < 1.29 is 28.7 Å². The number of hydrogen-bond donors (Lipinski definition) is 2. The second kappa shape index (κ2) is 11.1. The molecule has 0 aliphatic carbocycles. The lowest BCUT2D eigenvalue weighted by Crippen LogP contribution is -2.36. The Morgan fingerprint density at radius 2 is 1.60 bits per heavy atom. The van der Waals surface area contributed by atoms with Crippen molar-refractivity contribution in [2.75, 3.05) is 24.0 Å². The lowest BCUT2D eigenvalue weighted by atomic mass is 10.1. The normalized spacial score (nSPS) is 15.1. The Morgan fingerprint density at radius 1 is 0.881 bits per heavy atom. The second-order valence-electron chi connectivity index (χ2n) is 10.0. The number of imide groups is 1. The topological polar surface area (TPSA) is 119 Å². The minimum atomic E-state index is -0.544. The summed E-state index contributed by atoms with van der Waals surface area (Å²) in [7, 11) is 0. The van der Waals surface area contributed by atoms with Crippen LogP contribution in [0.5, 0.6) is 11.5 Å². The van der Waals surface area contributed by atoms with Gasteiger partial charge in [-0.1, -0.05) is 24.3 Å². The highest BCUT2D eigenvalue weighted by Crippen LogP contribution is 2.35. The maximum atomic E-state index is 13.2. The zero-order valence-corrected chi connectivity index (χ0v) is 23.6. The van der Waals surface area contributed by atoms with Crippen molar-refractivity contribution in [2.24, 2.45) is 0 Å². The van der Waals surface area contributed by atoms with Gasteiger partial charge in [0.1, 0.15) is 13.1 Å². The molecule has 2 aliphatic rings. The molecule has 0 bridgehead atoms. The second-order valence-corrected chi connectivity index (χ2v) is 11.0. The van der Waals surface area contributed by atoms with Crippen LogP contribution in [0.15, 0.2) is 71.8 Å². The quantitative estimate of drug-likeness (QED) is 0.284. The average Bonchev–Trinajstić information content (AvgIpc) is 3.61. The van der Waals surface area contributed by atoms with Crippen LogP contribution in [0.1, 0.15) is 16.7 Å². The summed E-state index contributed by atoms with van der Waals surface area (Å²) in [6, 6.07) is 18.3. The van der Waals surface area contributed by atoms with Crippen molar-refractivity contribution in [2.45, 2.75) is 20.4 Å². The molecule has 1 fully saturated rings. The smallest absolute Gasteiger partial charge is 0.294 e. The van der Waals surface area contributed by atoms with Crippen LogP contribution in [0, 0.1) is 13.8 Å². The van der Waals surface area contributed by atoms with E-state index >= 15 is 0 Å². The summed E-state index contributed by atoms with van der Waals surface area (Å²) >= 11 is 0.781. The number of anilines is 2. The Bertz CT molecular complexity index is 1790. The molecule has 212 valence electrons. The fourth-order valence-corrected chi connectivity index (χ4v) is 5.85. The number of carbonyl (C=O) groups is 4. The Hall–Kier alpha value is -5.03. The first-order chi connectivity index (χ1) is 20.2. The summed E-state index contributed by atoms with van der Waals surface area (Å²) in [5.74, 6) is -0.0680. The number of benzene rings is 3. The fraction of sp³-hybridized carbons (Fsp3) is 0.161. The number of ether oxygens (including phenoxy) is 2. The molecular weight excluding hydrogens is 556 g/mol. The monoisotopic (exact) mass is 582 g/mol. The number of amides is 4. The number of hydrogen-bond acceptors (Lipinski definition) is 7. The van der Waals surface area contributed by atoms with E-state index in [4.69, 9.17) is 9.47 Å². The van der Waals surface area contributed by atoms with E-state index in [-0.39, 0.29) is 24.2 Å². The van der Waals surface area contributed by atoms with Crippen LogP contribution in [0.4, 0.5) is 16.2 Å². The van der Waals surface area contributed by atoms with E-state index < -0.39 is 23.6 Å².